The minimum absolute atomic E-state index is 0.139. The van der Waals surface area contributed by atoms with Gasteiger partial charge in [0, 0.05) is 22.8 Å². The lowest BCUT2D eigenvalue weighted by molar-refractivity contribution is 0.102. The maximum absolute atomic E-state index is 12.5. The smallest absolute Gasteiger partial charge is 0.257 e. The molecule has 3 heterocycles. The van der Waals surface area contributed by atoms with E-state index >= 15 is 0 Å². The van der Waals surface area contributed by atoms with E-state index in [1.54, 1.807) is 16.0 Å². The van der Waals surface area contributed by atoms with Gasteiger partial charge in [-0.05, 0) is 68.6 Å². The summed E-state index contributed by atoms with van der Waals surface area (Å²) in [6, 6.07) is 7.40. The van der Waals surface area contributed by atoms with Gasteiger partial charge < -0.3 is 5.32 Å². The van der Waals surface area contributed by atoms with Crippen molar-refractivity contribution in [2.24, 2.45) is 0 Å². The van der Waals surface area contributed by atoms with Crippen molar-refractivity contribution in [1.29, 1.82) is 0 Å². The Hall–Kier alpha value is -2.51. The zero-order chi connectivity index (χ0) is 17.9. The van der Waals surface area contributed by atoms with E-state index in [1.165, 1.54) is 4.88 Å². The molecule has 1 fully saturated rings. The van der Waals surface area contributed by atoms with Gasteiger partial charge >= 0.3 is 0 Å². The van der Waals surface area contributed by atoms with Gasteiger partial charge in [-0.15, -0.1) is 11.3 Å². The number of aryl methyl sites for hydroxylation is 1. The number of rotatable bonds is 4. The van der Waals surface area contributed by atoms with Crippen molar-refractivity contribution in [3.8, 4) is 5.69 Å². The summed E-state index contributed by atoms with van der Waals surface area (Å²) in [6.07, 6.45) is 7.92. The molecule has 26 heavy (non-hydrogen) atoms. The van der Waals surface area contributed by atoms with Gasteiger partial charge in [0.1, 0.15) is 0 Å². The molecule has 1 aromatic carbocycles. The van der Waals surface area contributed by atoms with E-state index in [4.69, 9.17) is 0 Å². The highest BCUT2D eigenvalue weighted by Crippen LogP contribution is 2.31. The third-order valence-electron chi connectivity index (χ3n) is 4.59. The quantitative estimate of drug-likeness (QED) is 0.742. The maximum Gasteiger partial charge on any atom is 0.257 e. The first-order valence-electron chi connectivity index (χ1n) is 8.78. The molecule has 1 saturated heterocycles. The second kappa shape index (κ2) is 7.39. The Morgan fingerprint density at radius 1 is 1.23 bits per heavy atom. The number of carbonyl (C=O) groups excluding carboxylic acids is 1. The number of benzene rings is 1. The Morgan fingerprint density at radius 2 is 2.00 bits per heavy atom. The van der Waals surface area contributed by atoms with E-state index in [1.807, 2.05) is 49.8 Å². The molecule has 1 aliphatic heterocycles. The number of thiazole rings is 1. The molecule has 6 nitrogen and oxygen atoms in total. The lowest BCUT2D eigenvalue weighted by Crippen LogP contribution is -2.26. The zero-order valence-corrected chi connectivity index (χ0v) is 15.4. The summed E-state index contributed by atoms with van der Waals surface area (Å²) in [5.41, 5.74) is 2.63. The van der Waals surface area contributed by atoms with Gasteiger partial charge in [-0.3, -0.25) is 10.1 Å². The van der Waals surface area contributed by atoms with Crippen LogP contribution in [0.5, 0.6) is 0 Å². The summed E-state index contributed by atoms with van der Waals surface area (Å²) in [5, 5.41) is 11.2. The van der Waals surface area contributed by atoms with Crippen molar-refractivity contribution in [3.05, 3.63) is 58.9 Å². The van der Waals surface area contributed by atoms with Crippen molar-refractivity contribution in [3.63, 3.8) is 0 Å². The second-order valence-corrected chi connectivity index (χ2v) is 7.62. The molecule has 0 saturated carbocycles. The van der Waals surface area contributed by atoms with Crippen molar-refractivity contribution in [1.82, 2.24) is 20.1 Å². The van der Waals surface area contributed by atoms with Crippen LogP contribution in [0.3, 0.4) is 0 Å². The molecule has 1 aliphatic rings. The summed E-state index contributed by atoms with van der Waals surface area (Å²) in [5.74, 6) is 0.413. The monoisotopic (exact) mass is 367 g/mol. The van der Waals surface area contributed by atoms with Crippen molar-refractivity contribution in [2.75, 3.05) is 18.4 Å². The number of carbonyl (C=O) groups is 1. The minimum Gasteiger partial charge on any atom is -0.317 e. The fourth-order valence-corrected chi connectivity index (χ4v) is 4.11. The predicted octanol–water partition coefficient (Wildman–Crippen LogP) is 3.36. The molecule has 1 amide bonds. The molecular weight excluding hydrogens is 346 g/mol. The van der Waals surface area contributed by atoms with Gasteiger partial charge in [0.25, 0.3) is 5.91 Å². The Labute approximate surface area is 156 Å². The molecular formula is C19H21N5OS. The molecule has 7 heteroatoms. The van der Waals surface area contributed by atoms with E-state index in [2.05, 4.69) is 20.7 Å². The van der Waals surface area contributed by atoms with E-state index in [0.717, 1.165) is 37.2 Å². The van der Waals surface area contributed by atoms with Crippen LogP contribution in [0.1, 0.15) is 39.6 Å². The molecule has 0 spiro atoms. The van der Waals surface area contributed by atoms with E-state index in [-0.39, 0.29) is 5.91 Å². The van der Waals surface area contributed by atoms with Gasteiger partial charge in [0.2, 0.25) is 0 Å². The van der Waals surface area contributed by atoms with E-state index in [0.29, 0.717) is 16.6 Å². The number of hydrogen-bond acceptors (Lipinski definition) is 5. The molecule has 0 unspecified atom stereocenters. The van der Waals surface area contributed by atoms with Crippen LogP contribution in [0.2, 0.25) is 0 Å². The molecule has 0 atom stereocenters. The first-order chi connectivity index (χ1) is 12.7. The number of amides is 1. The molecule has 2 N–H and O–H groups in total. The molecule has 0 radical (unpaired) electrons. The van der Waals surface area contributed by atoms with Crippen LogP contribution in [-0.4, -0.2) is 33.8 Å². The van der Waals surface area contributed by atoms with Crippen LogP contribution in [0.25, 0.3) is 5.69 Å². The number of piperidine rings is 1. The molecule has 4 rings (SSSR count). The molecule has 2 aromatic heterocycles. The number of hydrogen-bond donors (Lipinski definition) is 2. The second-order valence-electron chi connectivity index (χ2n) is 6.56. The molecule has 134 valence electrons. The SMILES string of the molecule is Cc1cnn(-c2ccc(C(=O)Nc3ncc(C4CCNCC4)s3)cc2)c1. The Bertz CT molecular complexity index is 893. The van der Waals surface area contributed by atoms with Crippen molar-refractivity contribution >= 4 is 22.4 Å². The average molecular weight is 367 g/mol. The zero-order valence-electron chi connectivity index (χ0n) is 14.6. The van der Waals surface area contributed by atoms with Crippen LogP contribution >= 0.6 is 11.3 Å². The van der Waals surface area contributed by atoms with Crippen LogP contribution < -0.4 is 10.6 Å². The minimum atomic E-state index is -0.139. The van der Waals surface area contributed by atoms with Crippen molar-refractivity contribution in [2.45, 2.75) is 25.7 Å². The number of nitrogens with zero attached hydrogens (tertiary/aromatic N) is 3. The summed E-state index contributed by atoms with van der Waals surface area (Å²) < 4.78 is 1.79. The fraction of sp³-hybridized carbons (Fsp3) is 0.316. The number of anilines is 1. The third kappa shape index (κ3) is 3.68. The normalized spacial score (nSPS) is 15.1. The van der Waals surface area contributed by atoms with Gasteiger partial charge in [-0.1, -0.05) is 0 Å². The first kappa shape index (κ1) is 16.9. The summed E-state index contributed by atoms with van der Waals surface area (Å²) in [4.78, 5) is 18.1. The van der Waals surface area contributed by atoms with Gasteiger partial charge in [-0.2, -0.15) is 5.10 Å². The standard InChI is InChI=1S/C19H21N5OS/c1-13-10-22-24(12-13)16-4-2-15(3-5-16)18(25)23-19-21-11-17(26-19)14-6-8-20-9-7-14/h2-5,10-12,14,20H,6-9H2,1H3,(H,21,23,25). The lowest BCUT2D eigenvalue weighted by Gasteiger charge is -2.20. The Morgan fingerprint density at radius 3 is 2.69 bits per heavy atom. The van der Waals surface area contributed by atoms with E-state index < -0.39 is 0 Å². The summed E-state index contributed by atoms with van der Waals surface area (Å²) >= 11 is 1.58. The summed E-state index contributed by atoms with van der Waals surface area (Å²) in [7, 11) is 0. The van der Waals surface area contributed by atoms with Crippen LogP contribution in [0, 0.1) is 6.92 Å². The first-order valence-corrected chi connectivity index (χ1v) is 9.60. The highest BCUT2D eigenvalue weighted by molar-refractivity contribution is 7.15. The van der Waals surface area contributed by atoms with Crippen LogP contribution in [-0.2, 0) is 0 Å². The Kier molecular flexibility index (Phi) is 4.81. The third-order valence-corrected chi connectivity index (χ3v) is 5.67. The maximum atomic E-state index is 12.5. The van der Waals surface area contributed by atoms with Crippen molar-refractivity contribution < 1.29 is 4.79 Å². The van der Waals surface area contributed by atoms with Gasteiger partial charge in [0.05, 0.1) is 11.9 Å². The Balaban J connectivity index is 1.42. The average Bonchev–Trinajstić information content (AvgIpc) is 3.32. The van der Waals surface area contributed by atoms with Crippen LogP contribution in [0.15, 0.2) is 42.9 Å². The van der Waals surface area contributed by atoms with Gasteiger partial charge in [-0.25, -0.2) is 9.67 Å². The molecule has 0 aliphatic carbocycles. The lowest BCUT2D eigenvalue weighted by atomic mass is 9.97. The highest BCUT2D eigenvalue weighted by Gasteiger charge is 2.18. The molecule has 3 aromatic rings. The largest absolute Gasteiger partial charge is 0.317 e. The van der Waals surface area contributed by atoms with E-state index in [9.17, 15) is 4.79 Å². The molecule has 0 bridgehead atoms. The number of aromatic nitrogens is 3. The summed E-state index contributed by atoms with van der Waals surface area (Å²) in [6.45, 7) is 4.09. The topological polar surface area (TPSA) is 71.8 Å². The van der Waals surface area contributed by atoms with Gasteiger partial charge in [0.15, 0.2) is 5.13 Å². The number of nitrogens with one attached hydrogen (secondary N) is 2. The fourth-order valence-electron chi connectivity index (χ4n) is 3.13. The predicted molar refractivity (Wildman–Crippen MR) is 103 cm³/mol. The highest BCUT2D eigenvalue weighted by atomic mass is 32.1. The van der Waals surface area contributed by atoms with Crippen LogP contribution in [0.4, 0.5) is 5.13 Å².